The highest BCUT2D eigenvalue weighted by molar-refractivity contribution is 5.89. The molecule has 2 aromatic heterocycles. The molecule has 2 aromatic carbocycles. The lowest BCUT2D eigenvalue weighted by molar-refractivity contribution is 0.117. The Morgan fingerprint density at radius 3 is 2.12 bits per heavy atom. The Bertz CT molecular complexity index is 1240. The maximum absolute atomic E-state index is 11.3. The topological polar surface area (TPSA) is 38.0 Å². The second-order valence-electron chi connectivity index (χ2n) is 9.78. The summed E-state index contributed by atoms with van der Waals surface area (Å²) in [7, 11) is 0. The standard InChI is InChI=1S/C31H38N2O/c1-7-21(6)31(34)27-19-33(25-15-13-24(14-16-25)20(4)5)29-18-32-28(17-26(27)29)30-22(8-2)11-10-12-23(30)9-3/h10-21,31,34H,7-9H2,1-6H3. The summed E-state index contributed by atoms with van der Waals surface area (Å²) in [5.41, 5.74) is 9.30. The number of aromatic nitrogens is 2. The molecule has 4 rings (SSSR count). The second-order valence-corrected chi connectivity index (χ2v) is 9.78. The van der Waals surface area contributed by atoms with E-state index in [9.17, 15) is 5.11 Å². The van der Waals surface area contributed by atoms with Gasteiger partial charge in [0.1, 0.15) is 0 Å². The molecule has 0 spiro atoms. The van der Waals surface area contributed by atoms with Crippen molar-refractivity contribution in [2.24, 2.45) is 5.92 Å². The van der Waals surface area contributed by atoms with Crippen molar-refractivity contribution < 1.29 is 5.11 Å². The summed E-state index contributed by atoms with van der Waals surface area (Å²) in [4.78, 5) is 4.96. The lowest BCUT2D eigenvalue weighted by Crippen LogP contribution is -2.07. The highest BCUT2D eigenvalue weighted by Gasteiger charge is 2.22. The Morgan fingerprint density at radius 2 is 1.56 bits per heavy atom. The quantitative estimate of drug-likeness (QED) is 0.293. The molecule has 2 atom stereocenters. The monoisotopic (exact) mass is 454 g/mol. The molecule has 4 aromatic rings. The second kappa shape index (κ2) is 10.1. The summed E-state index contributed by atoms with van der Waals surface area (Å²) in [6.07, 6.45) is 6.44. The van der Waals surface area contributed by atoms with Gasteiger partial charge in [0.25, 0.3) is 0 Å². The van der Waals surface area contributed by atoms with Gasteiger partial charge in [-0.3, -0.25) is 4.98 Å². The summed E-state index contributed by atoms with van der Waals surface area (Å²) in [6, 6.07) is 17.5. The molecule has 34 heavy (non-hydrogen) atoms. The van der Waals surface area contributed by atoms with E-state index in [1.807, 2.05) is 6.20 Å². The van der Waals surface area contributed by atoms with Gasteiger partial charge >= 0.3 is 0 Å². The molecule has 2 unspecified atom stereocenters. The SMILES string of the molecule is CCc1cccc(CC)c1-c1cc2c(C(O)C(C)CC)cn(-c3ccc(C(C)C)cc3)c2cn1. The van der Waals surface area contributed by atoms with Gasteiger partial charge in [0.15, 0.2) is 0 Å². The van der Waals surface area contributed by atoms with E-state index in [-0.39, 0.29) is 5.92 Å². The predicted molar refractivity (Wildman–Crippen MR) is 144 cm³/mol. The van der Waals surface area contributed by atoms with Gasteiger partial charge in [0.05, 0.1) is 23.5 Å². The molecule has 0 saturated heterocycles. The molecule has 178 valence electrons. The minimum Gasteiger partial charge on any atom is -0.388 e. The van der Waals surface area contributed by atoms with Crippen LogP contribution in [0.2, 0.25) is 0 Å². The Balaban J connectivity index is 1.94. The zero-order valence-electron chi connectivity index (χ0n) is 21.5. The minimum atomic E-state index is -0.522. The highest BCUT2D eigenvalue weighted by atomic mass is 16.3. The molecule has 2 heterocycles. The van der Waals surface area contributed by atoms with Crippen LogP contribution in [0.5, 0.6) is 0 Å². The molecule has 0 amide bonds. The number of hydrogen-bond acceptors (Lipinski definition) is 2. The third-order valence-corrected chi connectivity index (χ3v) is 7.32. The molecule has 1 N–H and O–H groups in total. The number of nitrogens with zero attached hydrogens (tertiary/aromatic N) is 2. The van der Waals surface area contributed by atoms with E-state index in [1.165, 1.54) is 22.3 Å². The number of fused-ring (bicyclic) bond motifs is 1. The van der Waals surface area contributed by atoms with Crippen LogP contribution in [-0.2, 0) is 12.8 Å². The van der Waals surface area contributed by atoms with Crippen molar-refractivity contribution in [1.29, 1.82) is 0 Å². The Kier molecular flexibility index (Phi) is 7.23. The maximum atomic E-state index is 11.3. The van der Waals surface area contributed by atoms with Gasteiger partial charge in [-0.25, -0.2) is 0 Å². The van der Waals surface area contributed by atoms with E-state index >= 15 is 0 Å². The average molecular weight is 455 g/mol. The molecule has 0 bridgehead atoms. The van der Waals surface area contributed by atoms with Crippen LogP contribution in [0.25, 0.3) is 27.8 Å². The fourth-order valence-corrected chi connectivity index (χ4v) is 4.86. The van der Waals surface area contributed by atoms with Gasteiger partial charge < -0.3 is 9.67 Å². The van der Waals surface area contributed by atoms with Crippen molar-refractivity contribution in [2.45, 2.75) is 72.8 Å². The van der Waals surface area contributed by atoms with Gasteiger partial charge in [-0.1, -0.05) is 78.3 Å². The van der Waals surface area contributed by atoms with E-state index < -0.39 is 6.10 Å². The number of rotatable bonds is 8. The predicted octanol–water partition coefficient (Wildman–Crippen LogP) is 8.02. The van der Waals surface area contributed by atoms with E-state index in [1.54, 1.807) is 0 Å². The van der Waals surface area contributed by atoms with E-state index in [0.29, 0.717) is 5.92 Å². The van der Waals surface area contributed by atoms with Crippen LogP contribution in [0, 0.1) is 5.92 Å². The zero-order chi connectivity index (χ0) is 24.4. The first kappa shape index (κ1) is 24.2. The van der Waals surface area contributed by atoms with Crippen molar-refractivity contribution in [3.8, 4) is 16.9 Å². The number of pyridine rings is 1. The molecule has 0 aliphatic carbocycles. The molecule has 0 aliphatic heterocycles. The lowest BCUT2D eigenvalue weighted by Gasteiger charge is -2.17. The highest BCUT2D eigenvalue weighted by Crippen LogP contribution is 2.37. The van der Waals surface area contributed by atoms with Crippen LogP contribution < -0.4 is 0 Å². The van der Waals surface area contributed by atoms with Crippen molar-refractivity contribution in [2.75, 3.05) is 0 Å². The molecular formula is C31H38N2O. The van der Waals surface area contributed by atoms with Crippen LogP contribution in [-0.4, -0.2) is 14.7 Å². The van der Waals surface area contributed by atoms with Crippen LogP contribution in [0.3, 0.4) is 0 Å². The van der Waals surface area contributed by atoms with E-state index in [0.717, 1.165) is 47.1 Å². The molecule has 3 nitrogen and oxygen atoms in total. The number of aliphatic hydroxyl groups excluding tert-OH is 1. The molecule has 3 heteroatoms. The summed E-state index contributed by atoms with van der Waals surface area (Å²) < 4.78 is 2.18. The van der Waals surface area contributed by atoms with Crippen molar-refractivity contribution in [3.05, 3.63) is 83.2 Å². The smallest absolute Gasteiger partial charge is 0.0836 e. The largest absolute Gasteiger partial charge is 0.388 e. The summed E-state index contributed by atoms with van der Waals surface area (Å²) in [6.45, 7) is 13.1. The fraction of sp³-hybridized carbons (Fsp3) is 0.387. The third kappa shape index (κ3) is 4.42. The number of hydrogen-bond donors (Lipinski definition) is 1. The Hall–Kier alpha value is -2.91. The van der Waals surface area contributed by atoms with E-state index in [4.69, 9.17) is 4.98 Å². The van der Waals surface area contributed by atoms with Gasteiger partial charge in [0.2, 0.25) is 0 Å². The fourth-order valence-electron chi connectivity index (χ4n) is 4.86. The van der Waals surface area contributed by atoms with Crippen molar-refractivity contribution in [3.63, 3.8) is 0 Å². The average Bonchev–Trinajstić information content (AvgIpc) is 3.25. The molecule has 0 aliphatic rings. The molecule has 0 radical (unpaired) electrons. The van der Waals surface area contributed by atoms with Crippen molar-refractivity contribution >= 4 is 10.9 Å². The lowest BCUT2D eigenvalue weighted by atomic mass is 9.92. The number of benzene rings is 2. The van der Waals surface area contributed by atoms with Gasteiger partial charge in [-0.05, 0) is 59.6 Å². The number of aliphatic hydroxyl groups is 1. The summed E-state index contributed by atoms with van der Waals surface area (Å²) in [5, 5.41) is 12.4. The third-order valence-electron chi connectivity index (χ3n) is 7.32. The maximum Gasteiger partial charge on any atom is 0.0836 e. The van der Waals surface area contributed by atoms with Crippen LogP contribution in [0.1, 0.15) is 82.2 Å². The summed E-state index contributed by atoms with van der Waals surface area (Å²) >= 11 is 0. The Morgan fingerprint density at radius 1 is 0.912 bits per heavy atom. The molecule has 0 fully saturated rings. The first-order valence-corrected chi connectivity index (χ1v) is 12.8. The van der Waals surface area contributed by atoms with Crippen LogP contribution >= 0.6 is 0 Å². The van der Waals surface area contributed by atoms with Crippen LogP contribution in [0.4, 0.5) is 0 Å². The zero-order valence-corrected chi connectivity index (χ0v) is 21.5. The molecular weight excluding hydrogens is 416 g/mol. The minimum absolute atomic E-state index is 0.174. The van der Waals surface area contributed by atoms with Crippen LogP contribution in [0.15, 0.2) is 60.9 Å². The number of aryl methyl sites for hydroxylation is 2. The van der Waals surface area contributed by atoms with Gasteiger partial charge in [0, 0.05) is 28.4 Å². The molecule has 0 saturated carbocycles. The van der Waals surface area contributed by atoms with Gasteiger partial charge in [-0.15, -0.1) is 0 Å². The summed E-state index contributed by atoms with van der Waals surface area (Å²) in [5.74, 6) is 0.668. The van der Waals surface area contributed by atoms with Gasteiger partial charge in [-0.2, -0.15) is 0 Å². The normalized spacial score (nSPS) is 13.5. The van der Waals surface area contributed by atoms with Crippen molar-refractivity contribution in [1.82, 2.24) is 9.55 Å². The first-order valence-electron chi connectivity index (χ1n) is 12.8. The van der Waals surface area contributed by atoms with E-state index in [2.05, 4.69) is 101 Å². The Labute approximate surface area is 204 Å². The first-order chi connectivity index (χ1) is 16.4.